The summed E-state index contributed by atoms with van der Waals surface area (Å²) in [6, 6.07) is 11.2. The highest BCUT2D eigenvalue weighted by molar-refractivity contribution is 5.61. The van der Waals surface area contributed by atoms with E-state index in [1.54, 1.807) is 18.4 Å². The Morgan fingerprint density at radius 1 is 1.35 bits per heavy atom. The number of hydrogen-bond acceptors (Lipinski definition) is 4. The van der Waals surface area contributed by atoms with E-state index in [0.29, 0.717) is 11.3 Å². The van der Waals surface area contributed by atoms with E-state index in [1.807, 2.05) is 18.2 Å². The van der Waals surface area contributed by atoms with Crippen molar-refractivity contribution in [3.63, 3.8) is 0 Å². The lowest BCUT2D eigenvalue weighted by Gasteiger charge is -2.06. The molecule has 2 rings (SSSR count). The van der Waals surface area contributed by atoms with Crippen LogP contribution < -0.4 is 11.1 Å². The highest BCUT2D eigenvalue weighted by atomic mass is 16.3. The molecule has 0 radical (unpaired) electrons. The van der Waals surface area contributed by atoms with Crippen LogP contribution in [0.1, 0.15) is 11.3 Å². The average molecular weight is 227 g/mol. The normalized spacial score (nSPS) is 9.82. The summed E-state index contributed by atoms with van der Waals surface area (Å²) in [4.78, 5) is 0. The Morgan fingerprint density at radius 3 is 2.94 bits per heavy atom. The van der Waals surface area contributed by atoms with Crippen molar-refractivity contribution in [2.45, 2.75) is 6.42 Å². The summed E-state index contributed by atoms with van der Waals surface area (Å²) >= 11 is 0. The Labute approximate surface area is 99.7 Å². The van der Waals surface area contributed by atoms with Crippen molar-refractivity contribution in [3.8, 4) is 6.07 Å². The van der Waals surface area contributed by atoms with E-state index in [0.717, 1.165) is 24.4 Å². The number of nitriles is 1. The summed E-state index contributed by atoms with van der Waals surface area (Å²) in [6.07, 6.45) is 2.46. The molecule has 0 atom stereocenters. The lowest BCUT2D eigenvalue weighted by atomic mass is 10.2. The number of nitrogens with two attached hydrogens (primary N) is 1. The van der Waals surface area contributed by atoms with Gasteiger partial charge in [0, 0.05) is 24.3 Å². The number of hydrogen-bond donors (Lipinski definition) is 2. The molecule has 0 saturated carbocycles. The van der Waals surface area contributed by atoms with Gasteiger partial charge in [0.25, 0.3) is 0 Å². The first-order chi connectivity index (χ1) is 8.29. The van der Waals surface area contributed by atoms with Crippen LogP contribution in [0.3, 0.4) is 0 Å². The maximum Gasteiger partial charge on any atom is 0.105 e. The third-order valence-electron chi connectivity index (χ3n) is 2.45. The quantitative estimate of drug-likeness (QED) is 0.786. The Balaban J connectivity index is 1.93. The van der Waals surface area contributed by atoms with Gasteiger partial charge in [-0.2, -0.15) is 5.26 Å². The Morgan fingerprint density at radius 2 is 2.24 bits per heavy atom. The van der Waals surface area contributed by atoms with Crippen molar-refractivity contribution in [1.29, 1.82) is 5.26 Å². The van der Waals surface area contributed by atoms with Gasteiger partial charge < -0.3 is 15.5 Å². The smallest absolute Gasteiger partial charge is 0.105 e. The maximum absolute atomic E-state index is 8.85. The fourth-order valence-electron chi connectivity index (χ4n) is 1.55. The van der Waals surface area contributed by atoms with Crippen molar-refractivity contribution in [2.24, 2.45) is 0 Å². The summed E-state index contributed by atoms with van der Waals surface area (Å²) in [5.74, 6) is 0.938. The molecular formula is C13H13N3O. The molecule has 0 aliphatic rings. The van der Waals surface area contributed by atoms with Gasteiger partial charge in [-0.15, -0.1) is 0 Å². The number of nitrogen functional groups attached to an aromatic ring is 1. The first-order valence-corrected chi connectivity index (χ1v) is 5.35. The van der Waals surface area contributed by atoms with Crippen LogP contribution in [0.5, 0.6) is 0 Å². The monoisotopic (exact) mass is 227 g/mol. The molecule has 86 valence electrons. The summed E-state index contributed by atoms with van der Waals surface area (Å²) in [5, 5.41) is 12.1. The molecule has 0 fully saturated rings. The van der Waals surface area contributed by atoms with Gasteiger partial charge in [0.2, 0.25) is 0 Å². The van der Waals surface area contributed by atoms with Crippen LogP contribution in [-0.2, 0) is 6.42 Å². The number of furan rings is 1. The molecule has 0 unspecified atom stereocenters. The molecule has 0 aliphatic carbocycles. The lowest BCUT2D eigenvalue weighted by molar-refractivity contribution is 0.513. The first-order valence-electron chi connectivity index (χ1n) is 5.35. The Bertz CT molecular complexity index is 526. The maximum atomic E-state index is 8.85. The first kappa shape index (κ1) is 11.1. The number of nitrogens with one attached hydrogen (secondary N) is 1. The highest BCUT2D eigenvalue weighted by Crippen LogP contribution is 2.16. The molecule has 0 spiro atoms. The minimum Gasteiger partial charge on any atom is -0.469 e. The topological polar surface area (TPSA) is 75.0 Å². The van der Waals surface area contributed by atoms with Crippen LogP contribution in [0.15, 0.2) is 41.0 Å². The van der Waals surface area contributed by atoms with Gasteiger partial charge >= 0.3 is 0 Å². The van der Waals surface area contributed by atoms with E-state index in [2.05, 4.69) is 11.4 Å². The van der Waals surface area contributed by atoms with Crippen molar-refractivity contribution < 1.29 is 4.42 Å². The molecule has 4 nitrogen and oxygen atoms in total. The zero-order valence-electron chi connectivity index (χ0n) is 9.31. The van der Waals surface area contributed by atoms with Crippen LogP contribution in [0.4, 0.5) is 11.4 Å². The molecule has 2 aromatic rings. The standard InChI is InChI=1S/C13H13N3O/c14-9-10-8-11(3-4-13(10)15)16-6-5-12-2-1-7-17-12/h1-4,7-8,16H,5-6,15H2. The molecule has 1 heterocycles. The van der Waals surface area contributed by atoms with Crippen LogP contribution in [-0.4, -0.2) is 6.54 Å². The van der Waals surface area contributed by atoms with E-state index in [-0.39, 0.29) is 0 Å². The van der Waals surface area contributed by atoms with Gasteiger partial charge in [-0.3, -0.25) is 0 Å². The fourth-order valence-corrected chi connectivity index (χ4v) is 1.55. The average Bonchev–Trinajstić information content (AvgIpc) is 2.84. The van der Waals surface area contributed by atoms with Crippen molar-refractivity contribution in [3.05, 3.63) is 47.9 Å². The van der Waals surface area contributed by atoms with Gasteiger partial charge in [-0.05, 0) is 30.3 Å². The van der Waals surface area contributed by atoms with E-state index in [9.17, 15) is 0 Å². The summed E-state index contributed by atoms with van der Waals surface area (Å²) < 4.78 is 5.22. The van der Waals surface area contributed by atoms with E-state index in [1.165, 1.54) is 0 Å². The predicted molar refractivity (Wildman–Crippen MR) is 66.5 cm³/mol. The number of rotatable bonds is 4. The minimum absolute atomic E-state index is 0.494. The zero-order valence-corrected chi connectivity index (χ0v) is 9.31. The second kappa shape index (κ2) is 5.08. The molecule has 1 aromatic carbocycles. The lowest BCUT2D eigenvalue weighted by Crippen LogP contribution is -2.04. The van der Waals surface area contributed by atoms with Gasteiger partial charge in [-0.1, -0.05) is 0 Å². The molecule has 17 heavy (non-hydrogen) atoms. The minimum atomic E-state index is 0.494. The molecule has 1 aromatic heterocycles. The number of benzene rings is 1. The zero-order chi connectivity index (χ0) is 12.1. The van der Waals surface area contributed by atoms with Crippen LogP contribution >= 0.6 is 0 Å². The SMILES string of the molecule is N#Cc1cc(NCCc2ccco2)ccc1N. The van der Waals surface area contributed by atoms with Gasteiger partial charge in [0.1, 0.15) is 11.8 Å². The number of nitrogens with zero attached hydrogens (tertiary/aromatic N) is 1. The van der Waals surface area contributed by atoms with Gasteiger partial charge in [0.05, 0.1) is 11.8 Å². The van der Waals surface area contributed by atoms with Crippen LogP contribution in [0.25, 0.3) is 0 Å². The second-order valence-electron chi connectivity index (χ2n) is 3.67. The molecule has 0 bridgehead atoms. The van der Waals surface area contributed by atoms with Crippen molar-refractivity contribution >= 4 is 11.4 Å². The largest absolute Gasteiger partial charge is 0.469 e. The number of anilines is 2. The summed E-state index contributed by atoms with van der Waals surface area (Å²) in [7, 11) is 0. The van der Waals surface area contributed by atoms with Crippen molar-refractivity contribution in [2.75, 3.05) is 17.6 Å². The molecule has 4 heteroatoms. The van der Waals surface area contributed by atoms with Gasteiger partial charge in [-0.25, -0.2) is 0 Å². The molecule has 0 amide bonds. The summed E-state index contributed by atoms with van der Waals surface area (Å²) in [6.45, 7) is 0.752. The Hall–Kier alpha value is -2.41. The molecule has 3 N–H and O–H groups in total. The highest BCUT2D eigenvalue weighted by Gasteiger charge is 2.00. The molecule has 0 saturated heterocycles. The predicted octanol–water partition coefficient (Wildman–Crippen LogP) is 2.39. The third kappa shape index (κ3) is 2.79. The van der Waals surface area contributed by atoms with E-state index in [4.69, 9.17) is 15.4 Å². The fraction of sp³-hybridized carbons (Fsp3) is 0.154. The molecule has 0 aliphatic heterocycles. The van der Waals surface area contributed by atoms with Gasteiger partial charge in [0.15, 0.2) is 0 Å². The Kier molecular flexibility index (Phi) is 3.31. The van der Waals surface area contributed by atoms with E-state index >= 15 is 0 Å². The third-order valence-corrected chi connectivity index (χ3v) is 2.45. The van der Waals surface area contributed by atoms with Crippen LogP contribution in [0, 0.1) is 11.3 Å². The van der Waals surface area contributed by atoms with E-state index < -0.39 is 0 Å². The van der Waals surface area contributed by atoms with Crippen LogP contribution in [0.2, 0.25) is 0 Å². The van der Waals surface area contributed by atoms with Crippen molar-refractivity contribution in [1.82, 2.24) is 0 Å². The second-order valence-corrected chi connectivity index (χ2v) is 3.67. The summed E-state index contributed by atoms with van der Waals surface area (Å²) in [5.41, 5.74) is 7.53. The molecular weight excluding hydrogens is 214 g/mol.